The zero-order valence-electron chi connectivity index (χ0n) is 11.0. The number of hydrogen-bond donors (Lipinski definition) is 2. The summed E-state index contributed by atoms with van der Waals surface area (Å²) in [7, 11) is 0. The van der Waals surface area contributed by atoms with Crippen LogP contribution in [0.15, 0.2) is 47.1 Å². The van der Waals surface area contributed by atoms with Gasteiger partial charge in [-0.05, 0) is 35.9 Å². The summed E-state index contributed by atoms with van der Waals surface area (Å²) < 4.78 is 40.0. The van der Waals surface area contributed by atoms with Crippen LogP contribution in [0.5, 0.6) is 0 Å². The average Bonchev–Trinajstić information content (AvgIpc) is 2.48. The van der Waals surface area contributed by atoms with Crippen molar-refractivity contribution in [2.75, 3.05) is 5.32 Å². The molecule has 0 bridgehead atoms. The van der Waals surface area contributed by atoms with Crippen molar-refractivity contribution in [3.63, 3.8) is 0 Å². The van der Waals surface area contributed by atoms with Gasteiger partial charge in [0.05, 0.1) is 5.69 Å². The van der Waals surface area contributed by atoms with Crippen molar-refractivity contribution < 1.29 is 18.0 Å². The van der Waals surface area contributed by atoms with Gasteiger partial charge in [-0.15, -0.1) is 0 Å². The molecular weight excluding hydrogens is 361 g/mol. The zero-order chi connectivity index (χ0) is 16.1. The summed E-state index contributed by atoms with van der Waals surface area (Å²) in [4.78, 5) is 11.6. The Labute approximate surface area is 133 Å². The molecule has 0 aromatic heterocycles. The number of anilines is 1. The molecular formula is C15H10BrF3N2O. The SMILES string of the molecule is O=C(N/C=C/c1cccc(Br)c1)Nc1ccc(F)c(F)c1F. The molecule has 0 aliphatic heterocycles. The summed E-state index contributed by atoms with van der Waals surface area (Å²) in [5, 5.41) is 4.42. The number of rotatable bonds is 3. The largest absolute Gasteiger partial charge is 0.323 e. The molecule has 2 aromatic carbocycles. The molecule has 0 saturated heterocycles. The zero-order valence-corrected chi connectivity index (χ0v) is 12.6. The lowest BCUT2D eigenvalue weighted by Gasteiger charge is -2.06. The smallest absolute Gasteiger partial charge is 0.314 e. The van der Waals surface area contributed by atoms with Crippen molar-refractivity contribution in [3.05, 3.63) is 70.1 Å². The molecule has 0 spiro atoms. The van der Waals surface area contributed by atoms with Gasteiger partial charge in [-0.25, -0.2) is 18.0 Å². The normalized spacial score (nSPS) is 10.7. The Morgan fingerprint density at radius 3 is 2.59 bits per heavy atom. The molecule has 2 rings (SSSR count). The highest BCUT2D eigenvalue weighted by atomic mass is 79.9. The minimum absolute atomic E-state index is 0.452. The number of amides is 2. The monoisotopic (exact) mass is 370 g/mol. The molecule has 2 N–H and O–H groups in total. The van der Waals surface area contributed by atoms with Gasteiger partial charge in [-0.1, -0.05) is 28.1 Å². The molecule has 2 amide bonds. The molecule has 0 saturated carbocycles. The van der Waals surface area contributed by atoms with Crippen LogP contribution in [0, 0.1) is 17.5 Å². The maximum Gasteiger partial charge on any atom is 0.323 e. The van der Waals surface area contributed by atoms with E-state index in [1.165, 1.54) is 6.20 Å². The third kappa shape index (κ3) is 4.11. The van der Waals surface area contributed by atoms with E-state index < -0.39 is 29.2 Å². The Balaban J connectivity index is 1.98. The number of carbonyl (C=O) groups excluding carboxylic acids is 1. The van der Waals surface area contributed by atoms with Crippen LogP contribution < -0.4 is 10.6 Å². The third-order valence-electron chi connectivity index (χ3n) is 2.62. The van der Waals surface area contributed by atoms with E-state index in [-0.39, 0.29) is 0 Å². The first-order valence-electron chi connectivity index (χ1n) is 6.10. The highest BCUT2D eigenvalue weighted by Gasteiger charge is 2.14. The van der Waals surface area contributed by atoms with Gasteiger partial charge in [0.2, 0.25) is 0 Å². The van der Waals surface area contributed by atoms with Crippen LogP contribution >= 0.6 is 15.9 Å². The van der Waals surface area contributed by atoms with Crippen molar-refractivity contribution in [1.82, 2.24) is 5.32 Å². The van der Waals surface area contributed by atoms with Crippen molar-refractivity contribution in [3.8, 4) is 0 Å². The summed E-state index contributed by atoms with van der Waals surface area (Å²) in [6.45, 7) is 0. The molecule has 7 heteroatoms. The van der Waals surface area contributed by atoms with Crippen LogP contribution in [-0.4, -0.2) is 6.03 Å². The Hall–Kier alpha value is -2.28. The highest BCUT2D eigenvalue weighted by Crippen LogP contribution is 2.19. The number of carbonyl (C=O) groups is 1. The van der Waals surface area contributed by atoms with Gasteiger partial charge in [0.1, 0.15) is 0 Å². The van der Waals surface area contributed by atoms with E-state index in [1.807, 2.05) is 24.3 Å². The fourth-order valence-electron chi connectivity index (χ4n) is 1.60. The van der Waals surface area contributed by atoms with Gasteiger partial charge >= 0.3 is 6.03 Å². The average molecular weight is 371 g/mol. The van der Waals surface area contributed by atoms with E-state index in [0.717, 1.165) is 22.2 Å². The van der Waals surface area contributed by atoms with Crippen molar-refractivity contribution in [1.29, 1.82) is 0 Å². The molecule has 0 atom stereocenters. The van der Waals surface area contributed by atoms with Gasteiger partial charge < -0.3 is 10.6 Å². The first kappa shape index (κ1) is 16.1. The molecule has 0 fully saturated rings. The number of urea groups is 1. The highest BCUT2D eigenvalue weighted by molar-refractivity contribution is 9.10. The second-order valence-corrected chi connectivity index (χ2v) is 5.13. The third-order valence-corrected chi connectivity index (χ3v) is 3.12. The summed E-state index contributed by atoms with van der Waals surface area (Å²) in [6.07, 6.45) is 2.96. The first-order valence-corrected chi connectivity index (χ1v) is 6.90. The molecule has 22 heavy (non-hydrogen) atoms. The first-order chi connectivity index (χ1) is 10.5. The predicted octanol–water partition coefficient (Wildman–Crippen LogP) is 4.66. The number of halogens is 4. The Morgan fingerprint density at radius 2 is 1.86 bits per heavy atom. The van der Waals surface area contributed by atoms with Crippen LogP contribution in [0.1, 0.15) is 5.56 Å². The minimum Gasteiger partial charge on any atom is -0.314 e. The molecule has 0 radical (unpaired) electrons. The van der Waals surface area contributed by atoms with E-state index in [4.69, 9.17) is 0 Å². The van der Waals surface area contributed by atoms with E-state index in [1.54, 1.807) is 6.08 Å². The topological polar surface area (TPSA) is 41.1 Å². The quantitative estimate of drug-likeness (QED) is 0.758. The lowest BCUT2D eigenvalue weighted by atomic mass is 10.2. The summed E-state index contributed by atoms with van der Waals surface area (Å²) in [5.41, 5.74) is 0.376. The Morgan fingerprint density at radius 1 is 1.09 bits per heavy atom. The lowest BCUT2D eigenvalue weighted by molar-refractivity contribution is 0.255. The van der Waals surface area contributed by atoms with Gasteiger partial charge in [0, 0.05) is 10.7 Å². The second-order valence-electron chi connectivity index (χ2n) is 4.21. The summed E-state index contributed by atoms with van der Waals surface area (Å²) in [6, 6.07) is 8.19. The standard InChI is InChI=1S/C15H10BrF3N2O/c16-10-3-1-2-9(8-10)6-7-20-15(22)21-12-5-4-11(17)13(18)14(12)19/h1-8H,(H2,20,21,22)/b7-6+. The maximum absolute atomic E-state index is 13.4. The van der Waals surface area contributed by atoms with E-state index >= 15 is 0 Å². The second kappa shape index (κ2) is 7.13. The van der Waals surface area contributed by atoms with E-state index in [0.29, 0.717) is 0 Å². The fraction of sp³-hybridized carbons (Fsp3) is 0. The summed E-state index contributed by atoms with van der Waals surface area (Å²) >= 11 is 3.31. The summed E-state index contributed by atoms with van der Waals surface area (Å²) in [5.74, 6) is -4.41. The molecule has 0 heterocycles. The molecule has 0 aliphatic carbocycles. The molecule has 0 unspecified atom stereocenters. The fourth-order valence-corrected chi connectivity index (χ4v) is 2.02. The van der Waals surface area contributed by atoms with Gasteiger partial charge in [0.15, 0.2) is 17.5 Å². The Bertz CT molecular complexity index is 735. The van der Waals surface area contributed by atoms with Crippen molar-refractivity contribution in [2.45, 2.75) is 0 Å². The number of nitrogens with one attached hydrogen (secondary N) is 2. The van der Waals surface area contributed by atoms with Crippen LogP contribution in [0.2, 0.25) is 0 Å². The Kier molecular flexibility index (Phi) is 5.21. The minimum atomic E-state index is -1.64. The maximum atomic E-state index is 13.4. The number of benzene rings is 2. The van der Waals surface area contributed by atoms with Gasteiger partial charge in [-0.2, -0.15) is 0 Å². The van der Waals surface area contributed by atoms with Crippen molar-refractivity contribution in [2.24, 2.45) is 0 Å². The molecule has 3 nitrogen and oxygen atoms in total. The van der Waals surface area contributed by atoms with Gasteiger partial charge in [-0.3, -0.25) is 0 Å². The van der Waals surface area contributed by atoms with Crippen LogP contribution in [0.4, 0.5) is 23.7 Å². The van der Waals surface area contributed by atoms with Crippen LogP contribution in [0.3, 0.4) is 0 Å². The van der Waals surface area contributed by atoms with Gasteiger partial charge in [0.25, 0.3) is 0 Å². The van der Waals surface area contributed by atoms with Crippen LogP contribution in [-0.2, 0) is 0 Å². The lowest BCUT2D eigenvalue weighted by Crippen LogP contribution is -2.24. The molecule has 0 aliphatic rings. The van der Waals surface area contributed by atoms with Crippen LogP contribution in [0.25, 0.3) is 6.08 Å². The molecule has 2 aromatic rings. The predicted molar refractivity (Wildman–Crippen MR) is 81.6 cm³/mol. The van der Waals surface area contributed by atoms with E-state index in [2.05, 4.69) is 26.6 Å². The number of hydrogen-bond acceptors (Lipinski definition) is 1. The van der Waals surface area contributed by atoms with Crippen molar-refractivity contribution >= 4 is 33.7 Å². The van der Waals surface area contributed by atoms with E-state index in [9.17, 15) is 18.0 Å². The molecule has 114 valence electrons.